The van der Waals surface area contributed by atoms with Crippen molar-refractivity contribution in [1.29, 1.82) is 0 Å². The first-order chi connectivity index (χ1) is 9.58. The summed E-state index contributed by atoms with van der Waals surface area (Å²) in [6.07, 6.45) is -1.23. The molecule has 2 heterocycles. The van der Waals surface area contributed by atoms with E-state index in [-0.39, 0.29) is 0 Å². The van der Waals surface area contributed by atoms with Crippen LogP contribution in [0, 0.1) is 0 Å². The first-order valence-electron chi connectivity index (χ1n) is 5.99. The lowest BCUT2D eigenvalue weighted by Gasteiger charge is -2.24. The third-order valence-electron chi connectivity index (χ3n) is 2.51. The molecule has 4 nitrogen and oxygen atoms in total. The third kappa shape index (κ3) is 3.68. The van der Waals surface area contributed by atoms with Gasteiger partial charge in [0.05, 0.1) is 0 Å². The van der Waals surface area contributed by atoms with Gasteiger partial charge in [-0.15, -0.1) is 22.7 Å². The maximum atomic E-state index is 11.4. The minimum Gasteiger partial charge on any atom is -0.452 e. The first-order valence-corrected chi connectivity index (χ1v) is 7.75. The summed E-state index contributed by atoms with van der Waals surface area (Å²) in [5.41, 5.74) is 0. The van der Waals surface area contributed by atoms with Gasteiger partial charge in [-0.3, -0.25) is 9.59 Å². The van der Waals surface area contributed by atoms with Crippen LogP contribution in [0.4, 0.5) is 0 Å². The number of ether oxygens (including phenoxy) is 2. The molecule has 2 aromatic heterocycles. The van der Waals surface area contributed by atoms with Gasteiger partial charge in [0.2, 0.25) is 0 Å². The maximum Gasteiger partial charge on any atom is 0.303 e. The Kier molecular flexibility index (Phi) is 4.92. The molecule has 0 aliphatic carbocycles. The lowest BCUT2D eigenvalue weighted by atomic mass is 10.1. The van der Waals surface area contributed by atoms with Crippen molar-refractivity contribution in [3.05, 3.63) is 44.8 Å². The van der Waals surface area contributed by atoms with Crippen molar-refractivity contribution in [2.24, 2.45) is 0 Å². The molecular weight excluding hydrogens is 296 g/mol. The van der Waals surface area contributed by atoms with E-state index in [1.165, 1.54) is 36.5 Å². The van der Waals surface area contributed by atoms with Crippen LogP contribution in [0.25, 0.3) is 0 Å². The summed E-state index contributed by atoms with van der Waals surface area (Å²) in [5.74, 6) is -0.811. The quantitative estimate of drug-likeness (QED) is 0.790. The van der Waals surface area contributed by atoms with Gasteiger partial charge >= 0.3 is 11.9 Å². The molecular formula is C14H14O4S2. The Labute approximate surface area is 125 Å². The lowest BCUT2D eigenvalue weighted by Crippen LogP contribution is -2.20. The summed E-state index contributed by atoms with van der Waals surface area (Å²) >= 11 is 2.92. The molecule has 0 aliphatic heterocycles. The molecule has 0 radical (unpaired) electrons. The second-order valence-electron chi connectivity index (χ2n) is 4.09. The zero-order chi connectivity index (χ0) is 14.5. The Morgan fingerprint density at radius 2 is 1.30 bits per heavy atom. The second-order valence-corrected chi connectivity index (χ2v) is 6.05. The highest BCUT2D eigenvalue weighted by molar-refractivity contribution is 7.10. The van der Waals surface area contributed by atoms with Crippen molar-refractivity contribution < 1.29 is 19.1 Å². The van der Waals surface area contributed by atoms with Gasteiger partial charge in [0.15, 0.2) is 12.2 Å². The highest BCUT2D eigenvalue weighted by Crippen LogP contribution is 2.39. The molecule has 0 N–H and O–H groups in total. The maximum absolute atomic E-state index is 11.4. The van der Waals surface area contributed by atoms with Crippen LogP contribution in [0.3, 0.4) is 0 Å². The minimum absolute atomic E-state index is 0.405. The van der Waals surface area contributed by atoms with Gasteiger partial charge in [-0.1, -0.05) is 12.1 Å². The van der Waals surface area contributed by atoms with E-state index in [0.717, 1.165) is 9.75 Å². The Morgan fingerprint density at radius 3 is 1.55 bits per heavy atom. The van der Waals surface area contributed by atoms with E-state index in [9.17, 15) is 9.59 Å². The lowest BCUT2D eigenvalue weighted by molar-refractivity contribution is -0.166. The predicted molar refractivity (Wildman–Crippen MR) is 77.7 cm³/mol. The van der Waals surface area contributed by atoms with Crippen molar-refractivity contribution in [3.8, 4) is 0 Å². The van der Waals surface area contributed by atoms with E-state index in [1.807, 2.05) is 35.0 Å². The molecule has 2 rings (SSSR count). The van der Waals surface area contributed by atoms with Crippen molar-refractivity contribution in [2.75, 3.05) is 0 Å². The number of rotatable bonds is 5. The molecule has 0 bridgehead atoms. The molecule has 0 aromatic carbocycles. The van der Waals surface area contributed by atoms with Crippen LogP contribution < -0.4 is 0 Å². The van der Waals surface area contributed by atoms with Gasteiger partial charge in [-0.2, -0.15) is 0 Å². The molecule has 0 saturated carbocycles. The SMILES string of the molecule is CC(=O)O[C@@H](c1cccs1)[C@@H](OC(C)=O)c1cccs1. The number of hydrogen-bond acceptors (Lipinski definition) is 6. The van der Waals surface area contributed by atoms with E-state index in [4.69, 9.17) is 9.47 Å². The fraction of sp³-hybridized carbons (Fsp3) is 0.286. The fourth-order valence-corrected chi connectivity index (χ4v) is 3.36. The van der Waals surface area contributed by atoms with E-state index in [2.05, 4.69) is 0 Å². The fourth-order valence-electron chi connectivity index (χ4n) is 1.80. The van der Waals surface area contributed by atoms with Crippen LogP contribution in [0.5, 0.6) is 0 Å². The van der Waals surface area contributed by atoms with Crippen LogP contribution in [0.1, 0.15) is 35.8 Å². The van der Waals surface area contributed by atoms with E-state index < -0.39 is 24.1 Å². The molecule has 0 spiro atoms. The van der Waals surface area contributed by atoms with Crippen LogP contribution in [-0.2, 0) is 19.1 Å². The van der Waals surface area contributed by atoms with Gasteiger partial charge in [-0.25, -0.2) is 0 Å². The van der Waals surface area contributed by atoms with Crippen LogP contribution >= 0.6 is 22.7 Å². The molecule has 6 heteroatoms. The Hall–Kier alpha value is -1.66. The molecule has 0 amide bonds. The van der Waals surface area contributed by atoms with Gasteiger partial charge in [0.1, 0.15) is 0 Å². The van der Waals surface area contributed by atoms with Crippen molar-refractivity contribution in [1.82, 2.24) is 0 Å². The number of esters is 2. The largest absolute Gasteiger partial charge is 0.452 e. The van der Waals surface area contributed by atoms with E-state index in [0.29, 0.717) is 0 Å². The molecule has 0 unspecified atom stereocenters. The predicted octanol–water partition coefficient (Wildman–Crippen LogP) is 3.72. The van der Waals surface area contributed by atoms with Gasteiger partial charge in [0.25, 0.3) is 0 Å². The third-order valence-corrected chi connectivity index (χ3v) is 4.38. The summed E-state index contributed by atoms with van der Waals surface area (Å²) < 4.78 is 10.8. The zero-order valence-corrected chi connectivity index (χ0v) is 12.7. The smallest absolute Gasteiger partial charge is 0.303 e. The van der Waals surface area contributed by atoms with Crippen molar-refractivity contribution in [3.63, 3.8) is 0 Å². The van der Waals surface area contributed by atoms with Gasteiger partial charge < -0.3 is 9.47 Å². The molecule has 0 saturated heterocycles. The zero-order valence-electron chi connectivity index (χ0n) is 11.1. The van der Waals surface area contributed by atoms with E-state index in [1.54, 1.807) is 0 Å². The van der Waals surface area contributed by atoms with Gasteiger partial charge in [0, 0.05) is 23.6 Å². The van der Waals surface area contributed by atoms with Gasteiger partial charge in [-0.05, 0) is 22.9 Å². The normalized spacial score (nSPS) is 13.5. The molecule has 2 atom stereocenters. The number of carbonyl (C=O) groups is 2. The molecule has 106 valence electrons. The monoisotopic (exact) mass is 310 g/mol. The topological polar surface area (TPSA) is 52.6 Å². The Balaban J connectivity index is 2.35. The Morgan fingerprint density at radius 1 is 0.900 bits per heavy atom. The van der Waals surface area contributed by atoms with E-state index >= 15 is 0 Å². The molecule has 0 aliphatic rings. The number of thiophene rings is 2. The minimum atomic E-state index is -0.616. The highest BCUT2D eigenvalue weighted by Gasteiger charge is 2.32. The van der Waals surface area contributed by atoms with Crippen molar-refractivity contribution >= 4 is 34.6 Å². The molecule has 0 fully saturated rings. The summed E-state index contributed by atoms with van der Waals surface area (Å²) in [6.45, 7) is 2.69. The van der Waals surface area contributed by atoms with Crippen LogP contribution in [-0.4, -0.2) is 11.9 Å². The molecule has 2 aromatic rings. The second kappa shape index (κ2) is 6.67. The summed E-state index contributed by atoms with van der Waals surface area (Å²) in [6, 6.07) is 7.47. The highest BCUT2D eigenvalue weighted by atomic mass is 32.1. The van der Waals surface area contributed by atoms with Crippen LogP contribution in [0.15, 0.2) is 35.0 Å². The van der Waals surface area contributed by atoms with Crippen molar-refractivity contribution in [2.45, 2.75) is 26.1 Å². The molecule has 20 heavy (non-hydrogen) atoms. The van der Waals surface area contributed by atoms with Crippen LogP contribution in [0.2, 0.25) is 0 Å². The average Bonchev–Trinajstić information content (AvgIpc) is 3.04. The summed E-state index contributed by atoms with van der Waals surface area (Å²) in [5, 5.41) is 3.79. The Bertz CT molecular complexity index is 508. The average molecular weight is 310 g/mol. The standard InChI is InChI=1S/C14H14O4S2/c1-9(15)17-13(11-5-3-7-19-11)14(18-10(2)16)12-6-4-8-20-12/h3-8,13-14H,1-2H3/t13-,14-/m0/s1. The summed E-state index contributed by atoms with van der Waals surface area (Å²) in [7, 11) is 0. The summed E-state index contributed by atoms with van der Waals surface area (Å²) in [4.78, 5) is 24.4. The first kappa shape index (κ1) is 14.7. The number of hydrogen-bond donors (Lipinski definition) is 0. The number of carbonyl (C=O) groups excluding carboxylic acids is 2.